The van der Waals surface area contributed by atoms with Crippen molar-refractivity contribution in [2.45, 2.75) is 51.7 Å². The molecule has 1 aliphatic rings. The van der Waals surface area contributed by atoms with Gasteiger partial charge in [0.25, 0.3) is 0 Å². The largest absolute Gasteiger partial charge is 0.376 e. The van der Waals surface area contributed by atoms with E-state index in [1.165, 1.54) is 24.1 Å². The van der Waals surface area contributed by atoms with Gasteiger partial charge in [0.15, 0.2) is 0 Å². The van der Waals surface area contributed by atoms with E-state index in [-0.39, 0.29) is 6.04 Å². The van der Waals surface area contributed by atoms with E-state index in [2.05, 4.69) is 52.9 Å². The average molecular weight is 355 g/mol. The highest BCUT2D eigenvalue weighted by Crippen LogP contribution is 2.28. The lowest BCUT2D eigenvalue weighted by Crippen LogP contribution is -2.40. The van der Waals surface area contributed by atoms with Gasteiger partial charge in [-0.15, -0.1) is 0 Å². The third-order valence-electron chi connectivity index (χ3n) is 3.86. The first kappa shape index (κ1) is 16.8. The predicted octanol–water partition coefficient (Wildman–Crippen LogP) is 3.73. The quantitative estimate of drug-likeness (QED) is 0.845. The normalized spacial score (nSPS) is 20.6. The summed E-state index contributed by atoms with van der Waals surface area (Å²) >= 11 is 3.57. The lowest BCUT2D eigenvalue weighted by Gasteiger charge is -2.35. The highest BCUT2D eigenvalue weighted by Gasteiger charge is 2.22. The Morgan fingerprint density at radius 1 is 1.48 bits per heavy atom. The maximum absolute atomic E-state index is 6.01. The molecule has 0 amide bonds. The van der Waals surface area contributed by atoms with Crippen LogP contribution in [-0.4, -0.2) is 31.8 Å². The highest BCUT2D eigenvalue weighted by atomic mass is 79.9. The van der Waals surface area contributed by atoms with Gasteiger partial charge in [0.2, 0.25) is 0 Å². The summed E-state index contributed by atoms with van der Waals surface area (Å²) in [5, 5.41) is 0. The molecule has 1 aliphatic heterocycles. The first-order chi connectivity index (χ1) is 10.1. The van der Waals surface area contributed by atoms with Gasteiger partial charge in [0, 0.05) is 35.9 Å². The minimum atomic E-state index is 0.176. The second-order valence-corrected chi connectivity index (χ2v) is 6.95. The molecule has 1 aromatic carbocycles. The fraction of sp³-hybridized carbons (Fsp3) is 0.647. The minimum Gasteiger partial charge on any atom is -0.376 e. The molecule has 1 saturated heterocycles. The van der Waals surface area contributed by atoms with Crippen molar-refractivity contribution in [1.29, 1.82) is 0 Å². The Kier molecular flexibility index (Phi) is 6.52. The predicted molar refractivity (Wildman–Crippen MR) is 93.0 cm³/mol. The Bertz CT molecular complexity index is 450. The number of benzene rings is 1. The van der Waals surface area contributed by atoms with Crippen LogP contribution in [0.25, 0.3) is 0 Å². The molecule has 0 aromatic heterocycles. The van der Waals surface area contributed by atoms with Gasteiger partial charge in [-0.1, -0.05) is 22.9 Å². The second-order valence-electron chi connectivity index (χ2n) is 6.04. The SMILES string of the molecule is CCCOC1CCCN(c2ccc(Br)cc2CC(C)N)C1. The summed E-state index contributed by atoms with van der Waals surface area (Å²) in [4.78, 5) is 2.47. The van der Waals surface area contributed by atoms with Gasteiger partial charge in [0.1, 0.15) is 0 Å². The maximum atomic E-state index is 6.01. The zero-order chi connectivity index (χ0) is 15.2. The molecule has 0 spiro atoms. The summed E-state index contributed by atoms with van der Waals surface area (Å²) in [5.41, 5.74) is 8.66. The number of hydrogen-bond acceptors (Lipinski definition) is 3. The first-order valence-corrected chi connectivity index (χ1v) is 8.80. The van der Waals surface area contributed by atoms with E-state index in [1.54, 1.807) is 0 Å². The van der Waals surface area contributed by atoms with Crippen molar-refractivity contribution in [2.75, 3.05) is 24.6 Å². The molecule has 0 saturated carbocycles. The van der Waals surface area contributed by atoms with Crippen LogP contribution >= 0.6 is 15.9 Å². The van der Waals surface area contributed by atoms with Crippen molar-refractivity contribution in [3.8, 4) is 0 Å². The monoisotopic (exact) mass is 354 g/mol. The number of hydrogen-bond donors (Lipinski definition) is 1. The Morgan fingerprint density at radius 2 is 2.29 bits per heavy atom. The van der Waals surface area contributed by atoms with Crippen LogP contribution in [0.4, 0.5) is 5.69 Å². The lowest BCUT2D eigenvalue weighted by atomic mass is 10.0. The highest BCUT2D eigenvalue weighted by molar-refractivity contribution is 9.10. The third-order valence-corrected chi connectivity index (χ3v) is 4.35. The molecule has 1 fully saturated rings. The van der Waals surface area contributed by atoms with Crippen LogP contribution in [0.1, 0.15) is 38.7 Å². The molecular formula is C17H27BrN2O. The number of ether oxygens (including phenoxy) is 1. The summed E-state index contributed by atoms with van der Waals surface area (Å²) in [6.45, 7) is 7.20. The molecule has 0 bridgehead atoms. The van der Waals surface area contributed by atoms with Crippen molar-refractivity contribution in [1.82, 2.24) is 0 Å². The number of anilines is 1. The molecule has 2 rings (SSSR count). The van der Waals surface area contributed by atoms with E-state index in [0.29, 0.717) is 6.10 Å². The van der Waals surface area contributed by atoms with Crippen LogP contribution in [0, 0.1) is 0 Å². The molecule has 1 heterocycles. The van der Waals surface area contributed by atoms with Crippen LogP contribution in [0.3, 0.4) is 0 Å². The Hall–Kier alpha value is -0.580. The van der Waals surface area contributed by atoms with E-state index in [4.69, 9.17) is 10.5 Å². The van der Waals surface area contributed by atoms with Crippen molar-refractivity contribution < 1.29 is 4.74 Å². The third kappa shape index (κ3) is 4.97. The number of rotatable bonds is 6. The van der Waals surface area contributed by atoms with E-state index < -0.39 is 0 Å². The van der Waals surface area contributed by atoms with E-state index in [0.717, 1.165) is 37.0 Å². The van der Waals surface area contributed by atoms with Crippen molar-refractivity contribution in [2.24, 2.45) is 5.73 Å². The van der Waals surface area contributed by atoms with Crippen molar-refractivity contribution in [3.63, 3.8) is 0 Å². The molecule has 2 atom stereocenters. The summed E-state index contributed by atoms with van der Waals surface area (Å²) in [6.07, 6.45) is 4.74. The molecule has 3 nitrogen and oxygen atoms in total. The fourth-order valence-electron chi connectivity index (χ4n) is 2.95. The second kappa shape index (κ2) is 8.16. The number of nitrogens with two attached hydrogens (primary N) is 1. The van der Waals surface area contributed by atoms with Gasteiger partial charge in [0.05, 0.1) is 6.10 Å². The Labute approximate surface area is 137 Å². The molecule has 4 heteroatoms. The van der Waals surface area contributed by atoms with Gasteiger partial charge < -0.3 is 15.4 Å². The maximum Gasteiger partial charge on any atom is 0.0750 e. The zero-order valence-corrected chi connectivity index (χ0v) is 14.7. The summed E-state index contributed by atoms with van der Waals surface area (Å²) in [7, 11) is 0. The van der Waals surface area contributed by atoms with Crippen LogP contribution < -0.4 is 10.6 Å². The van der Waals surface area contributed by atoms with E-state index in [1.807, 2.05) is 0 Å². The van der Waals surface area contributed by atoms with E-state index >= 15 is 0 Å². The minimum absolute atomic E-state index is 0.176. The van der Waals surface area contributed by atoms with Crippen LogP contribution in [-0.2, 0) is 11.2 Å². The lowest BCUT2D eigenvalue weighted by molar-refractivity contribution is 0.0440. The molecular weight excluding hydrogens is 328 g/mol. The average Bonchev–Trinajstić information content (AvgIpc) is 2.45. The number of halogens is 1. The van der Waals surface area contributed by atoms with Crippen molar-refractivity contribution in [3.05, 3.63) is 28.2 Å². The molecule has 0 radical (unpaired) electrons. The first-order valence-electron chi connectivity index (χ1n) is 8.00. The molecule has 2 unspecified atom stereocenters. The Balaban J connectivity index is 2.12. The summed E-state index contributed by atoms with van der Waals surface area (Å²) in [5.74, 6) is 0. The van der Waals surface area contributed by atoms with Crippen molar-refractivity contribution >= 4 is 21.6 Å². The van der Waals surface area contributed by atoms with Gasteiger partial charge in [-0.2, -0.15) is 0 Å². The van der Waals surface area contributed by atoms with Crippen LogP contribution in [0.2, 0.25) is 0 Å². The van der Waals surface area contributed by atoms with Crippen LogP contribution in [0.5, 0.6) is 0 Å². The molecule has 118 valence electrons. The number of piperidine rings is 1. The van der Waals surface area contributed by atoms with Gasteiger partial charge in [-0.05, 0) is 56.4 Å². The van der Waals surface area contributed by atoms with Gasteiger partial charge in [-0.3, -0.25) is 0 Å². The van der Waals surface area contributed by atoms with Gasteiger partial charge >= 0.3 is 0 Å². The molecule has 1 aromatic rings. The van der Waals surface area contributed by atoms with Crippen LogP contribution in [0.15, 0.2) is 22.7 Å². The van der Waals surface area contributed by atoms with E-state index in [9.17, 15) is 0 Å². The fourth-order valence-corrected chi connectivity index (χ4v) is 3.36. The van der Waals surface area contributed by atoms with Gasteiger partial charge in [-0.25, -0.2) is 0 Å². The topological polar surface area (TPSA) is 38.5 Å². The zero-order valence-electron chi connectivity index (χ0n) is 13.1. The summed E-state index contributed by atoms with van der Waals surface area (Å²) in [6, 6.07) is 6.71. The molecule has 21 heavy (non-hydrogen) atoms. The number of nitrogens with zero attached hydrogens (tertiary/aromatic N) is 1. The Morgan fingerprint density at radius 3 is 3.00 bits per heavy atom. The molecule has 2 N–H and O–H groups in total. The smallest absolute Gasteiger partial charge is 0.0750 e. The molecule has 0 aliphatic carbocycles. The standard InChI is InChI=1S/C17H27BrN2O/c1-3-9-21-16-5-4-8-20(12-16)17-7-6-15(18)11-14(17)10-13(2)19/h6-7,11,13,16H,3-5,8-10,12,19H2,1-2H3. The summed E-state index contributed by atoms with van der Waals surface area (Å²) < 4.78 is 7.08.